The first-order valence-electron chi connectivity index (χ1n) is 9.55. The van der Waals surface area contributed by atoms with Crippen LogP contribution in [0.25, 0.3) is 22.3 Å². The van der Waals surface area contributed by atoms with Gasteiger partial charge in [-0.25, -0.2) is 9.97 Å². The van der Waals surface area contributed by atoms with Crippen LogP contribution in [0.2, 0.25) is 0 Å². The number of alkyl halides is 3. The molecule has 1 atom stereocenters. The first kappa shape index (κ1) is 20.8. The van der Waals surface area contributed by atoms with Crippen LogP contribution in [0.15, 0.2) is 65.3 Å². The number of pyridine rings is 1. The summed E-state index contributed by atoms with van der Waals surface area (Å²) in [6.45, 7) is 1.31. The Morgan fingerprint density at radius 1 is 1.03 bits per heavy atom. The van der Waals surface area contributed by atoms with E-state index in [1.54, 1.807) is 42.7 Å². The molecule has 3 heterocycles. The molecule has 0 aliphatic carbocycles. The third-order valence-electron chi connectivity index (χ3n) is 4.92. The number of benzene rings is 1. The fraction of sp³-hybridized carbons (Fsp3) is 0.227. The molecule has 0 amide bonds. The largest absolute Gasteiger partial charge is 0.463 e. The highest BCUT2D eigenvalue weighted by Gasteiger charge is 2.56. The SMILES string of the molecule is Cc1ccc(C(O)(CCNc2nc(-c3cccnc3)nc3ccccc23)C(F)(F)F)o1. The minimum absolute atomic E-state index is 0.205. The summed E-state index contributed by atoms with van der Waals surface area (Å²) in [5, 5.41) is 14.0. The number of para-hydroxylation sites is 1. The van der Waals surface area contributed by atoms with Crippen LogP contribution in [0, 0.1) is 6.92 Å². The van der Waals surface area contributed by atoms with Gasteiger partial charge < -0.3 is 14.8 Å². The molecule has 1 unspecified atom stereocenters. The van der Waals surface area contributed by atoms with Gasteiger partial charge in [-0.1, -0.05) is 12.1 Å². The molecule has 3 aromatic heterocycles. The fourth-order valence-corrected chi connectivity index (χ4v) is 3.26. The van der Waals surface area contributed by atoms with Gasteiger partial charge in [-0.15, -0.1) is 0 Å². The third-order valence-corrected chi connectivity index (χ3v) is 4.92. The highest BCUT2D eigenvalue weighted by Crippen LogP contribution is 2.42. The van der Waals surface area contributed by atoms with E-state index in [-0.39, 0.29) is 12.3 Å². The van der Waals surface area contributed by atoms with Crippen molar-refractivity contribution in [1.29, 1.82) is 0 Å². The van der Waals surface area contributed by atoms with Crippen LogP contribution in [0.4, 0.5) is 19.0 Å². The summed E-state index contributed by atoms with van der Waals surface area (Å²) in [7, 11) is 0. The summed E-state index contributed by atoms with van der Waals surface area (Å²) in [5.41, 5.74) is -1.82. The van der Waals surface area contributed by atoms with E-state index < -0.39 is 24.0 Å². The van der Waals surface area contributed by atoms with Crippen molar-refractivity contribution >= 4 is 16.7 Å². The van der Waals surface area contributed by atoms with Crippen molar-refractivity contribution in [3.63, 3.8) is 0 Å². The molecule has 4 rings (SSSR count). The van der Waals surface area contributed by atoms with E-state index in [9.17, 15) is 18.3 Å². The average Bonchev–Trinajstić information content (AvgIpc) is 3.20. The Bertz CT molecular complexity index is 1190. The van der Waals surface area contributed by atoms with Crippen molar-refractivity contribution < 1.29 is 22.7 Å². The van der Waals surface area contributed by atoms with Crippen LogP contribution < -0.4 is 5.32 Å². The zero-order valence-corrected chi connectivity index (χ0v) is 16.5. The summed E-state index contributed by atoms with van der Waals surface area (Å²) in [6, 6.07) is 13.2. The number of hydrogen-bond donors (Lipinski definition) is 2. The topological polar surface area (TPSA) is 84.1 Å². The number of rotatable bonds is 6. The Morgan fingerprint density at radius 3 is 2.52 bits per heavy atom. The van der Waals surface area contributed by atoms with Crippen molar-refractivity contribution in [3.05, 3.63) is 72.4 Å². The van der Waals surface area contributed by atoms with E-state index in [2.05, 4.69) is 20.3 Å². The predicted octanol–water partition coefficient (Wildman–Crippen LogP) is 4.85. The summed E-state index contributed by atoms with van der Waals surface area (Å²) in [4.78, 5) is 13.1. The molecule has 6 nitrogen and oxygen atoms in total. The summed E-state index contributed by atoms with van der Waals surface area (Å²) >= 11 is 0. The summed E-state index contributed by atoms with van der Waals surface area (Å²) < 4.78 is 46.2. The predicted molar refractivity (Wildman–Crippen MR) is 109 cm³/mol. The average molecular weight is 428 g/mol. The monoisotopic (exact) mass is 428 g/mol. The van der Waals surface area contributed by atoms with Crippen molar-refractivity contribution in [1.82, 2.24) is 15.0 Å². The number of halogens is 3. The minimum atomic E-state index is -4.91. The van der Waals surface area contributed by atoms with Crippen LogP contribution in [0.5, 0.6) is 0 Å². The highest BCUT2D eigenvalue weighted by atomic mass is 19.4. The van der Waals surface area contributed by atoms with Gasteiger partial charge in [0, 0.05) is 36.3 Å². The van der Waals surface area contributed by atoms with Gasteiger partial charge in [0.2, 0.25) is 5.60 Å². The van der Waals surface area contributed by atoms with Crippen molar-refractivity contribution in [2.24, 2.45) is 0 Å². The van der Waals surface area contributed by atoms with Gasteiger partial charge in [-0.3, -0.25) is 4.98 Å². The Labute approximate surface area is 175 Å². The zero-order valence-electron chi connectivity index (χ0n) is 16.5. The van der Waals surface area contributed by atoms with Crippen LogP contribution >= 0.6 is 0 Å². The number of nitrogens with one attached hydrogen (secondary N) is 1. The number of furan rings is 1. The van der Waals surface area contributed by atoms with E-state index in [0.29, 0.717) is 28.1 Å². The van der Waals surface area contributed by atoms with Crippen LogP contribution in [-0.2, 0) is 5.60 Å². The maximum atomic E-state index is 13.7. The standard InChI is InChI=1S/C22H19F3N4O2/c1-14-8-9-18(31-14)21(30,22(23,24)25)10-12-27-20-16-6-2-3-7-17(16)28-19(29-20)15-5-4-11-26-13-15/h2-9,11,13,30H,10,12H2,1H3,(H,27,28,29). The molecule has 2 N–H and O–H groups in total. The molecular formula is C22H19F3N4O2. The second kappa shape index (κ2) is 7.99. The number of anilines is 1. The van der Waals surface area contributed by atoms with E-state index >= 15 is 0 Å². The van der Waals surface area contributed by atoms with Crippen molar-refractivity contribution in [3.8, 4) is 11.4 Å². The van der Waals surface area contributed by atoms with E-state index in [0.717, 1.165) is 6.07 Å². The van der Waals surface area contributed by atoms with Crippen LogP contribution in [0.3, 0.4) is 0 Å². The number of aryl methyl sites for hydroxylation is 1. The van der Waals surface area contributed by atoms with Gasteiger partial charge >= 0.3 is 6.18 Å². The molecule has 0 bridgehead atoms. The fourth-order valence-electron chi connectivity index (χ4n) is 3.26. The lowest BCUT2D eigenvalue weighted by atomic mass is 9.95. The molecule has 0 saturated carbocycles. The highest BCUT2D eigenvalue weighted by molar-refractivity contribution is 5.90. The molecule has 0 aliphatic heterocycles. The van der Waals surface area contributed by atoms with Gasteiger partial charge in [0.25, 0.3) is 0 Å². The molecule has 0 fully saturated rings. The Balaban J connectivity index is 1.64. The lowest BCUT2D eigenvalue weighted by molar-refractivity contribution is -0.274. The van der Waals surface area contributed by atoms with E-state index in [4.69, 9.17) is 4.42 Å². The molecular weight excluding hydrogens is 409 g/mol. The Kier molecular flexibility index (Phi) is 5.36. The molecule has 9 heteroatoms. The first-order chi connectivity index (χ1) is 14.8. The van der Waals surface area contributed by atoms with Gasteiger partial charge in [0.15, 0.2) is 5.82 Å². The van der Waals surface area contributed by atoms with Crippen LogP contribution in [-0.4, -0.2) is 32.8 Å². The Morgan fingerprint density at radius 2 is 1.84 bits per heavy atom. The second-order valence-corrected chi connectivity index (χ2v) is 7.10. The summed E-state index contributed by atoms with van der Waals surface area (Å²) in [6.07, 6.45) is -2.34. The number of hydrogen-bond acceptors (Lipinski definition) is 6. The molecule has 0 spiro atoms. The zero-order chi connectivity index (χ0) is 22.1. The second-order valence-electron chi connectivity index (χ2n) is 7.10. The lowest BCUT2D eigenvalue weighted by Gasteiger charge is -2.28. The van der Waals surface area contributed by atoms with E-state index in [1.165, 1.54) is 13.0 Å². The van der Waals surface area contributed by atoms with Gasteiger partial charge in [-0.2, -0.15) is 13.2 Å². The van der Waals surface area contributed by atoms with Crippen molar-refractivity contribution in [2.75, 3.05) is 11.9 Å². The Hall–Kier alpha value is -3.46. The molecule has 160 valence electrons. The molecule has 31 heavy (non-hydrogen) atoms. The molecule has 0 saturated heterocycles. The number of nitrogens with zero attached hydrogens (tertiary/aromatic N) is 3. The smallest absolute Gasteiger partial charge is 0.424 e. The maximum absolute atomic E-state index is 13.7. The quantitative estimate of drug-likeness (QED) is 0.457. The maximum Gasteiger partial charge on any atom is 0.424 e. The number of aliphatic hydroxyl groups is 1. The molecule has 4 aromatic rings. The number of fused-ring (bicyclic) bond motifs is 1. The normalized spacial score (nSPS) is 13.8. The van der Waals surface area contributed by atoms with Crippen LogP contribution in [0.1, 0.15) is 17.9 Å². The van der Waals surface area contributed by atoms with Gasteiger partial charge in [0.05, 0.1) is 5.52 Å². The van der Waals surface area contributed by atoms with Gasteiger partial charge in [0.1, 0.15) is 17.3 Å². The third kappa shape index (κ3) is 4.09. The summed E-state index contributed by atoms with van der Waals surface area (Å²) in [5.74, 6) is 0.503. The lowest BCUT2D eigenvalue weighted by Crippen LogP contribution is -2.43. The molecule has 1 aromatic carbocycles. The number of aromatic nitrogens is 3. The minimum Gasteiger partial charge on any atom is -0.463 e. The molecule has 0 aliphatic rings. The van der Waals surface area contributed by atoms with Gasteiger partial charge in [-0.05, 0) is 43.3 Å². The first-order valence-corrected chi connectivity index (χ1v) is 9.55. The van der Waals surface area contributed by atoms with Crippen molar-refractivity contribution in [2.45, 2.75) is 25.1 Å². The molecule has 0 radical (unpaired) electrons. The van der Waals surface area contributed by atoms with E-state index in [1.807, 2.05) is 6.07 Å².